The lowest BCUT2D eigenvalue weighted by Gasteiger charge is -2.20. The van der Waals surface area contributed by atoms with Crippen LogP contribution in [0.1, 0.15) is 162 Å². The number of ether oxygens (including phenoxy) is 2. The third-order valence-corrected chi connectivity index (χ3v) is 7.39. The van der Waals surface area contributed by atoms with Crippen LogP contribution in [0.4, 0.5) is 0 Å². The highest BCUT2D eigenvalue weighted by Gasteiger charge is 2.15. The van der Waals surface area contributed by atoms with Crippen molar-refractivity contribution in [2.24, 2.45) is 0 Å². The summed E-state index contributed by atoms with van der Waals surface area (Å²) in [6, 6.07) is 0.554. The zero-order valence-corrected chi connectivity index (χ0v) is 25.9. The standard InChI is InChI=1S/C33H61NO6/c1-4-7-15-22-29(21-8-5-2)34-28-20-27-33(38)40-30(23-16-11-9-13-18-25-31(35)36)24-17-12-10-14-19-26-32(37)39-6-3/h6,29-30,34H,3-5,7-28H2,1-2H3,(H,35,36). The number of aliphatic carboxylic acids is 1. The number of unbranched alkanes of at least 4 members (excludes halogenated alkanes) is 11. The van der Waals surface area contributed by atoms with Crippen molar-refractivity contribution in [3.63, 3.8) is 0 Å². The molecule has 0 amide bonds. The molecule has 0 fully saturated rings. The lowest BCUT2D eigenvalue weighted by Crippen LogP contribution is -2.30. The molecular weight excluding hydrogens is 506 g/mol. The Labute approximate surface area is 245 Å². The molecule has 0 aromatic rings. The van der Waals surface area contributed by atoms with Gasteiger partial charge in [-0.1, -0.05) is 91.1 Å². The highest BCUT2D eigenvalue weighted by atomic mass is 16.5. The number of hydrogen-bond acceptors (Lipinski definition) is 6. The lowest BCUT2D eigenvalue weighted by atomic mass is 10.0. The number of carboxylic acid groups (broad SMARTS) is 1. The molecule has 7 heteroatoms. The van der Waals surface area contributed by atoms with Crippen LogP contribution in [0.3, 0.4) is 0 Å². The van der Waals surface area contributed by atoms with Crippen molar-refractivity contribution >= 4 is 17.9 Å². The van der Waals surface area contributed by atoms with E-state index in [1.807, 2.05) is 0 Å². The summed E-state index contributed by atoms with van der Waals surface area (Å²) < 4.78 is 10.7. The molecule has 0 aliphatic carbocycles. The summed E-state index contributed by atoms with van der Waals surface area (Å²) in [5, 5.41) is 12.5. The maximum absolute atomic E-state index is 12.7. The Morgan fingerprint density at radius 1 is 0.675 bits per heavy atom. The summed E-state index contributed by atoms with van der Waals surface area (Å²) in [5.74, 6) is -1.05. The minimum absolute atomic E-state index is 0.0478. The largest absolute Gasteiger partial charge is 0.481 e. The van der Waals surface area contributed by atoms with Crippen LogP contribution >= 0.6 is 0 Å². The number of esters is 2. The van der Waals surface area contributed by atoms with Gasteiger partial charge in [0.1, 0.15) is 6.10 Å². The van der Waals surface area contributed by atoms with E-state index in [4.69, 9.17) is 14.6 Å². The number of rotatable bonds is 30. The van der Waals surface area contributed by atoms with Gasteiger partial charge in [0.05, 0.1) is 6.26 Å². The quantitative estimate of drug-likeness (QED) is 0.0509. The van der Waals surface area contributed by atoms with Gasteiger partial charge in [-0.25, -0.2) is 0 Å². The minimum Gasteiger partial charge on any atom is -0.481 e. The Kier molecular flexibility index (Phi) is 27.3. The third-order valence-electron chi connectivity index (χ3n) is 7.39. The van der Waals surface area contributed by atoms with Gasteiger partial charge in [0, 0.05) is 25.3 Å². The Morgan fingerprint density at radius 3 is 1.80 bits per heavy atom. The predicted octanol–water partition coefficient (Wildman–Crippen LogP) is 8.64. The van der Waals surface area contributed by atoms with E-state index in [2.05, 4.69) is 25.7 Å². The van der Waals surface area contributed by atoms with Crippen molar-refractivity contribution in [2.45, 2.75) is 174 Å². The van der Waals surface area contributed by atoms with Gasteiger partial charge in [0.15, 0.2) is 0 Å². The van der Waals surface area contributed by atoms with Gasteiger partial charge in [-0.3, -0.25) is 14.4 Å². The molecule has 0 rings (SSSR count). The van der Waals surface area contributed by atoms with Crippen LogP contribution in [-0.4, -0.2) is 41.7 Å². The highest BCUT2D eigenvalue weighted by molar-refractivity contribution is 5.70. The number of carbonyl (C=O) groups excluding carboxylic acids is 2. The van der Waals surface area contributed by atoms with Crippen molar-refractivity contribution in [3.05, 3.63) is 12.8 Å². The molecule has 2 atom stereocenters. The van der Waals surface area contributed by atoms with Gasteiger partial charge in [-0.2, -0.15) is 0 Å². The van der Waals surface area contributed by atoms with Crippen LogP contribution in [0.2, 0.25) is 0 Å². The smallest absolute Gasteiger partial charge is 0.310 e. The topological polar surface area (TPSA) is 102 Å². The third kappa shape index (κ3) is 26.3. The Hall–Kier alpha value is -1.89. The van der Waals surface area contributed by atoms with Crippen LogP contribution in [0.25, 0.3) is 0 Å². The zero-order chi connectivity index (χ0) is 29.7. The molecular formula is C33H61NO6. The summed E-state index contributed by atoms with van der Waals surface area (Å²) >= 11 is 0. The number of nitrogens with one attached hydrogen (secondary N) is 1. The molecule has 0 spiro atoms. The molecule has 234 valence electrons. The zero-order valence-electron chi connectivity index (χ0n) is 25.9. The van der Waals surface area contributed by atoms with Gasteiger partial charge in [-0.05, 0) is 64.3 Å². The van der Waals surface area contributed by atoms with E-state index in [0.29, 0.717) is 18.9 Å². The van der Waals surface area contributed by atoms with E-state index in [9.17, 15) is 14.4 Å². The molecule has 0 saturated carbocycles. The fourth-order valence-electron chi connectivity index (χ4n) is 4.99. The molecule has 0 radical (unpaired) electrons. The second kappa shape index (κ2) is 28.6. The number of carboxylic acids is 1. The maximum Gasteiger partial charge on any atom is 0.310 e. The summed E-state index contributed by atoms with van der Waals surface area (Å²) in [7, 11) is 0. The lowest BCUT2D eigenvalue weighted by molar-refractivity contribution is -0.150. The Bertz CT molecular complexity index is 638. The number of hydrogen-bond donors (Lipinski definition) is 2. The molecule has 2 N–H and O–H groups in total. The molecule has 2 unspecified atom stereocenters. The first-order valence-corrected chi connectivity index (χ1v) is 16.4. The van der Waals surface area contributed by atoms with Crippen LogP contribution in [0.15, 0.2) is 12.8 Å². The first kappa shape index (κ1) is 38.1. The molecule has 0 aliphatic heterocycles. The summed E-state index contributed by atoms with van der Waals surface area (Å²) in [4.78, 5) is 34.7. The SMILES string of the molecule is C=COC(=O)CCCCCCCC(CCCCCCCC(=O)O)OC(=O)CCCNC(CCCC)CCCCC. The molecule has 0 bridgehead atoms. The fraction of sp³-hybridized carbons (Fsp3) is 0.848. The minimum atomic E-state index is -0.730. The first-order chi connectivity index (χ1) is 19.4. The summed E-state index contributed by atoms with van der Waals surface area (Å²) in [6.45, 7) is 8.73. The Balaban J connectivity index is 4.39. The van der Waals surface area contributed by atoms with Gasteiger partial charge in [0.2, 0.25) is 0 Å². The monoisotopic (exact) mass is 567 g/mol. The van der Waals surface area contributed by atoms with Crippen molar-refractivity contribution in [1.29, 1.82) is 0 Å². The van der Waals surface area contributed by atoms with Crippen LogP contribution < -0.4 is 5.32 Å². The maximum atomic E-state index is 12.7. The number of carbonyl (C=O) groups is 3. The van der Waals surface area contributed by atoms with Gasteiger partial charge in [0.25, 0.3) is 0 Å². The van der Waals surface area contributed by atoms with Crippen LogP contribution in [0.5, 0.6) is 0 Å². The van der Waals surface area contributed by atoms with Crippen molar-refractivity contribution < 1.29 is 29.0 Å². The normalized spacial score (nSPS) is 12.6. The summed E-state index contributed by atoms with van der Waals surface area (Å²) in [5.41, 5.74) is 0. The highest BCUT2D eigenvalue weighted by Crippen LogP contribution is 2.18. The molecule has 40 heavy (non-hydrogen) atoms. The van der Waals surface area contributed by atoms with Gasteiger partial charge < -0.3 is 19.9 Å². The van der Waals surface area contributed by atoms with Gasteiger partial charge in [-0.15, -0.1) is 0 Å². The van der Waals surface area contributed by atoms with Gasteiger partial charge >= 0.3 is 17.9 Å². The molecule has 0 aliphatic rings. The second-order valence-electron chi connectivity index (χ2n) is 11.2. The average Bonchev–Trinajstić information content (AvgIpc) is 2.92. The second-order valence-corrected chi connectivity index (χ2v) is 11.2. The van der Waals surface area contributed by atoms with Crippen LogP contribution in [0, 0.1) is 0 Å². The van der Waals surface area contributed by atoms with E-state index >= 15 is 0 Å². The van der Waals surface area contributed by atoms with Crippen molar-refractivity contribution in [3.8, 4) is 0 Å². The molecule has 0 aromatic carbocycles. The predicted molar refractivity (Wildman–Crippen MR) is 163 cm³/mol. The van der Waals surface area contributed by atoms with Crippen LogP contribution in [-0.2, 0) is 23.9 Å². The summed E-state index contributed by atoms with van der Waals surface area (Å²) in [6.07, 6.45) is 23.1. The average molecular weight is 568 g/mol. The van der Waals surface area contributed by atoms with E-state index in [1.165, 1.54) is 51.2 Å². The molecule has 0 aromatic heterocycles. The van der Waals surface area contributed by atoms with E-state index in [-0.39, 0.29) is 24.5 Å². The fourth-order valence-corrected chi connectivity index (χ4v) is 4.99. The van der Waals surface area contributed by atoms with E-state index < -0.39 is 5.97 Å². The Morgan fingerprint density at radius 2 is 1.20 bits per heavy atom. The first-order valence-electron chi connectivity index (χ1n) is 16.4. The van der Waals surface area contributed by atoms with E-state index in [0.717, 1.165) is 90.0 Å². The van der Waals surface area contributed by atoms with Crippen molar-refractivity contribution in [1.82, 2.24) is 5.32 Å². The molecule has 7 nitrogen and oxygen atoms in total. The van der Waals surface area contributed by atoms with E-state index in [1.54, 1.807) is 0 Å². The molecule has 0 heterocycles. The van der Waals surface area contributed by atoms with Crippen molar-refractivity contribution in [2.75, 3.05) is 6.54 Å². The molecule has 0 saturated heterocycles.